The lowest BCUT2D eigenvalue weighted by Crippen LogP contribution is -1.80. The van der Waals surface area contributed by atoms with E-state index < -0.39 is 11.6 Å². The Labute approximate surface area is 125 Å². The summed E-state index contributed by atoms with van der Waals surface area (Å²) in [6.07, 6.45) is 0. The molecular formula is C16H13F2N3O. The van der Waals surface area contributed by atoms with Crippen molar-refractivity contribution in [2.75, 3.05) is 0 Å². The topological polar surface area (TPSA) is 60.7 Å². The monoisotopic (exact) mass is 301 g/mol. The normalized spacial score (nSPS) is 11.6. The van der Waals surface area contributed by atoms with Gasteiger partial charge in [0, 0.05) is 11.5 Å². The van der Waals surface area contributed by atoms with E-state index in [4.69, 9.17) is 0 Å². The number of aromatic nitrogens is 1. The molecule has 2 aromatic carbocycles. The van der Waals surface area contributed by atoms with Gasteiger partial charge in [-0.05, 0) is 43.2 Å². The van der Waals surface area contributed by atoms with Gasteiger partial charge in [0.05, 0.1) is 11.2 Å². The van der Waals surface area contributed by atoms with Gasteiger partial charge in [0.15, 0.2) is 5.69 Å². The van der Waals surface area contributed by atoms with Crippen LogP contribution in [0.1, 0.15) is 11.1 Å². The molecule has 0 saturated carbocycles. The van der Waals surface area contributed by atoms with E-state index >= 15 is 0 Å². The van der Waals surface area contributed by atoms with Gasteiger partial charge in [-0.25, -0.2) is 8.78 Å². The Morgan fingerprint density at radius 2 is 1.64 bits per heavy atom. The molecule has 0 unspecified atom stereocenters. The van der Waals surface area contributed by atoms with Gasteiger partial charge in [-0.15, -0.1) is 5.11 Å². The highest BCUT2D eigenvalue weighted by Gasteiger charge is 2.15. The van der Waals surface area contributed by atoms with Crippen LogP contribution in [0.4, 0.5) is 20.2 Å². The fraction of sp³-hybridized carbons (Fsp3) is 0.125. The number of fused-ring (bicyclic) bond motifs is 1. The number of azo groups is 1. The maximum atomic E-state index is 13.7. The Kier molecular flexibility index (Phi) is 3.36. The molecule has 0 amide bonds. The molecule has 0 atom stereocenters. The van der Waals surface area contributed by atoms with Gasteiger partial charge in [0.2, 0.25) is 5.88 Å². The molecule has 0 fully saturated rings. The van der Waals surface area contributed by atoms with Crippen LogP contribution in [0.15, 0.2) is 40.6 Å². The smallest absolute Gasteiger partial charge is 0.218 e. The molecule has 0 bridgehead atoms. The number of aromatic amines is 1. The summed E-state index contributed by atoms with van der Waals surface area (Å²) < 4.78 is 27.0. The van der Waals surface area contributed by atoms with Gasteiger partial charge >= 0.3 is 0 Å². The number of halogens is 2. The molecule has 4 nitrogen and oxygen atoms in total. The lowest BCUT2D eigenvalue weighted by atomic mass is 10.1. The van der Waals surface area contributed by atoms with Crippen molar-refractivity contribution in [1.82, 2.24) is 4.98 Å². The molecule has 0 aliphatic carbocycles. The molecule has 6 heteroatoms. The molecule has 0 radical (unpaired) electrons. The van der Waals surface area contributed by atoms with Crippen LogP contribution in [0.3, 0.4) is 0 Å². The molecular weight excluding hydrogens is 288 g/mol. The lowest BCUT2D eigenvalue weighted by Gasteiger charge is -1.98. The second-order valence-electron chi connectivity index (χ2n) is 5.18. The number of aryl methyl sites for hydroxylation is 2. The molecule has 1 heterocycles. The van der Waals surface area contributed by atoms with E-state index in [9.17, 15) is 13.9 Å². The first-order chi connectivity index (χ1) is 10.4. The zero-order valence-electron chi connectivity index (χ0n) is 12.0. The molecule has 0 spiro atoms. The van der Waals surface area contributed by atoms with Crippen molar-refractivity contribution in [2.24, 2.45) is 10.2 Å². The highest BCUT2D eigenvalue weighted by atomic mass is 19.1. The van der Waals surface area contributed by atoms with E-state index in [0.717, 1.165) is 23.3 Å². The van der Waals surface area contributed by atoms with E-state index in [2.05, 4.69) is 15.2 Å². The van der Waals surface area contributed by atoms with Gasteiger partial charge in [0.25, 0.3) is 0 Å². The van der Waals surface area contributed by atoms with Crippen molar-refractivity contribution >= 4 is 22.3 Å². The molecule has 0 aliphatic rings. The third kappa shape index (κ3) is 2.55. The Bertz CT molecular complexity index is 880. The molecule has 112 valence electrons. The zero-order chi connectivity index (χ0) is 15.9. The van der Waals surface area contributed by atoms with E-state index in [-0.39, 0.29) is 22.5 Å². The number of rotatable bonds is 2. The summed E-state index contributed by atoms with van der Waals surface area (Å²) in [5, 5.41) is 18.0. The maximum Gasteiger partial charge on any atom is 0.218 e. The molecule has 3 rings (SSSR count). The molecule has 22 heavy (non-hydrogen) atoms. The second kappa shape index (κ2) is 5.22. The molecule has 3 aromatic rings. The molecule has 2 N–H and O–H groups in total. The first-order valence-corrected chi connectivity index (χ1v) is 6.64. The number of hydrogen-bond donors (Lipinski definition) is 2. The minimum atomic E-state index is -0.793. The third-order valence-corrected chi connectivity index (χ3v) is 3.25. The first kappa shape index (κ1) is 14.2. The average molecular weight is 301 g/mol. The molecule has 0 aliphatic heterocycles. The zero-order valence-corrected chi connectivity index (χ0v) is 12.0. The van der Waals surface area contributed by atoms with E-state index in [0.29, 0.717) is 5.69 Å². The summed E-state index contributed by atoms with van der Waals surface area (Å²) in [4.78, 5) is 2.44. The quantitative estimate of drug-likeness (QED) is 0.629. The highest BCUT2D eigenvalue weighted by molar-refractivity contribution is 5.94. The number of nitrogens with zero attached hydrogens (tertiary/aromatic N) is 2. The largest absolute Gasteiger partial charge is 0.493 e. The molecule has 0 saturated heterocycles. The highest BCUT2D eigenvalue weighted by Crippen LogP contribution is 2.37. The Morgan fingerprint density at radius 1 is 0.955 bits per heavy atom. The van der Waals surface area contributed by atoms with Crippen molar-refractivity contribution in [3.05, 3.63) is 53.1 Å². The maximum absolute atomic E-state index is 13.7. The van der Waals surface area contributed by atoms with E-state index in [1.54, 1.807) is 0 Å². The first-order valence-electron chi connectivity index (χ1n) is 6.64. The van der Waals surface area contributed by atoms with Crippen molar-refractivity contribution in [1.29, 1.82) is 0 Å². The summed E-state index contributed by atoms with van der Waals surface area (Å²) in [6, 6.07) is 7.48. The van der Waals surface area contributed by atoms with Crippen LogP contribution in [-0.2, 0) is 0 Å². The summed E-state index contributed by atoms with van der Waals surface area (Å²) in [5.41, 5.74) is 2.65. The SMILES string of the molecule is Cc1cc(C)cc(N=Nc2c(O)[nH]c3c(F)cc(F)cc23)c1. The number of benzene rings is 2. The van der Waals surface area contributed by atoms with Gasteiger partial charge in [-0.3, -0.25) is 0 Å². The summed E-state index contributed by atoms with van der Waals surface area (Å²) in [6.45, 7) is 3.86. The summed E-state index contributed by atoms with van der Waals surface area (Å²) in [7, 11) is 0. The average Bonchev–Trinajstić information content (AvgIpc) is 2.72. The van der Waals surface area contributed by atoms with Crippen LogP contribution >= 0.6 is 0 Å². The van der Waals surface area contributed by atoms with Crippen molar-refractivity contribution in [3.8, 4) is 5.88 Å². The van der Waals surface area contributed by atoms with Gasteiger partial charge in [0.1, 0.15) is 11.6 Å². The van der Waals surface area contributed by atoms with Crippen LogP contribution < -0.4 is 0 Å². The van der Waals surface area contributed by atoms with Crippen LogP contribution in [0.5, 0.6) is 5.88 Å². The Hall–Kier alpha value is -2.76. The number of hydrogen-bond acceptors (Lipinski definition) is 3. The third-order valence-electron chi connectivity index (χ3n) is 3.25. The van der Waals surface area contributed by atoms with Crippen molar-refractivity contribution in [2.45, 2.75) is 13.8 Å². The molecule has 1 aromatic heterocycles. The summed E-state index contributed by atoms with van der Waals surface area (Å²) >= 11 is 0. The predicted octanol–water partition coefficient (Wildman–Crippen LogP) is 5.18. The predicted molar refractivity (Wildman–Crippen MR) is 80.0 cm³/mol. The van der Waals surface area contributed by atoms with Gasteiger partial charge in [-0.1, -0.05) is 6.07 Å². The van der Waals surface area contributed by atoms with Gasteiger partial charge in [-0.2, -0.15) is 5.11 Å². The van der Waals surface area contributed by atoms with Gasteiger partial charge < -0.3 is 10.1 Å². The Morgan fingerprint density at radius 3 is 2.32 bits per heavy atom. The van der Waals surface area contributed by atoms with E-state index in [1.165, 1.54) is 0 Å². The standard InChI is InChI=1S/C16H13F2N3O/c1-8-3-9(2)5-11(4-8)20-21-15-12-6-10(17)7-13(18)14(12)19-16(15)22/h3-7,19,22H,1-2H3. The van der Waals surface area contributed by atoms with Crippen LogP contribution in [0, 0.1) is 25.5 Å². The van der Waals surface area contributed by atoms with Crippen LogP contribution in [-0.4, -0.2) is 10.1 Å². The van der Waals surface area contributed by atoms with Crippen molar-refractivity contribution in [3.63, 3.8) is 0 Å². The van der Waals surface area contributed by atoms with Crippen LogP contribution in [0.25, 0.3) is 10.9 Å². The van der Waals surface area contributed by atoms with E-state index in [1.807, 2.05) is 32.0 Å². The van der Waals surface area contributed by atoms with Crippen LogP contribution in [0.2, 0.25) is 0 Å². The number of nitrogens with one attached hydrogen (secondary N) is 1. The minimum Gasteiger partial charge on any atom is -0.493 e. The second-order valence-corrected chi connectivity index (χ2v) is 5.18. The fourth-order valence-electron chi connectivity index (χ4n) is 2.41. The number of H-pyrrole nitrogens is 1. The van der Waals surface area contributed by atoms with Crippen molar-refractivity contribution < 1.29 is 13.9 Å². The minimum absolute atomic E-state index is 0.00623. The number of aromatic hydroxyl groups is 1. The lowest BCUT2D eigenvalue weighted by molar-refractivity contribution is 0.459. The summed E-state index contributed by atoms with van der Waals surface area (Å²) in [5.74, 6) is -1.89. The fourth-order valence-corrected chi connectivity index (χ4v) is 2.41. The Balaban J connectivity index is 2.10.